The van der Waals surface area contributed by atoms with Crippen LogP contribution in [0, 0.1) is 0 Å². The molecule has 0 bridgehead atoms. The molecule has 192 valence electrons. The molecule has 2 heterocycles. The molecule has 37 heavy (non-hydrogen) atoms. The van der Waals surface area contributed by atoms with Gasteiger partial charge in [0.25, 0.3) is 0 Å². The molecule has 0 radical (unpaired) electrons. The van der Waals surface area contributed by atoms with Gasteiger partial charge in [-0.3, -0.25) is 4.79 Å². The molecule has 1 N–H and O–H groups in total. The van der Waals surface area contributed by atoms with Crippen LogP contribution in [0.15, 0.2) is 66.7 Å². The Morgan fingerprint density at radius 1 is 0.919 bits per heavy atom. The number of fused-ring (bicyclic) bond motifs is 1. The lowest BCUT2D eigenvalue weighted by Gasteiger charge is -2.34. The van der Waals surface area contributed by atoms with E-state index in [9.17, 15) is 4.79 Å². The standard InChI is InChI=1S/C30H34N4O3/c1-3-36-29(35)5-4-20-37-26-13-8-23(9-14-26)30-31-27-15-10-24(21-28(27)32-30)22-6-11-25(12-7-22)34-18-16-33(2)17-19-34/h6-15,21H,3-5,16-20H2,1-2H3,(H,31,32). The number of nitrogens with zero attached hydrogens (tertiary/aromatic N) is 3. The molecule has 1 fully saturated rings. The highest BCUT2D eigenvalue weighted by molar-refractivity contribution is 5.84. The van der Waals surface area contributed by atoms with Crippen LogP contribution < -0.4 is 9.64 Å². The summed E-state index contributed by atoms with van der Waals surface area (Å²) in [5.41, 5.74) is 6.59. The number of aromatic nitrogens is 2. The lowest BCUT2D eigenvalue weighted by molar-refractivity contribution is -0.143. The van der Waals surface area contributed by atoms with Gasteiger partial charge < -0.3 is 24.3 Å². The van der Waals surface area contributed by atoms with E-state index in [0.717, 1.165) is 54.3 Å². The predicted molar refractivity (Wildman–Crippen MR) is 148 cm³/mol. The highest BCUT2D eigenvalue weighted by atomic mass is 16.5. The maximum Gasteiger partial charge on any atom is 0.305 e. The van der Waals surface area contributed by atoms with E-state index in [2.05, 4.69) is 64.3 Å². The average molecular weight is 499 g/mol. The third-order valence-corrected chi connectivity index (χ3v) is 6.78. The SMILES string of the molecule is CCOC(=O)CCCOc1ccc(-c2nc3ccc(-c4ccc(N5CCN(C)CC5)cc4)cc3[nH]2)cc1. The number of anilines is 1. The number of aromatic amines is 1. The summed E-state index contributed by atoms with van der Waals surface area (Å²) in [4.78, 5) is 24.5. The lowest BCUT2D eigenvalue weighted by Crippen LogP contribution is -2.44. The van der Waals surface area contributed by atoms with Crippen molar-refractivity contribution in [3.63, 3.8) is 0 Å². The topological polar surface area (TPSA) is 70.7 Å². The number of nitrogens with one attached hydrogen (secondary N) is 1. The van der Waals surface area contributed by atoms with Gasteiger partial charge >= 0.3 is 5.97 Å². The molecule has 0 amide bonds. The third kappa shape index (κ3) is 6.12. The van der Waals surface area contributed by atoms with Gasteiger partial charge in [0.15, 0.2) is 0 Å². The van der Waals surface area contributed by atoms with Crippen molar-refractivity contribution in [3.8, 4) is 28.3 Å². The number of hydrogen-bond acceptors (Lipinski definition) is 6. The normalized spacial score (nSPS) is 14.2. The maximum atomic E-state index is 11.4. The number of carbonyl (C=O) groups is 1. The van der Waals surface area contributed by atoms with Crippen LogP contribution in [-0.2, 0) is 9.53 Å². The van der Waals surface area contributed by atoms with Crippen molar-refractivity contribution in [3.05, 3.63) is 66.7 Å². The summed E-state index contributed by atoms with van der Waals surface area (Å²) < 4.78 is 10.7. The second-order valence-corrected chi connectivity index (χ2v) is 9.44. The summed E-state index contributed by atoms with van der Waals surface area (Å²) >= 11 is 0. The molecule has 7 heteroatoms. The molecule has 4 aromatic rings. The van der Waals surface area contributed by atoms with Gasteiger partial charge in [-0.15, -0.1) is 0 Å². The summed E-state index contributed by atoms with van der Waals surface area (Å²) in [6.07, 6.45) is 0.998. The highest BCUT2D eigenvalue weighted by Crippen LogP contribution is 2.28. The molecule has 3 aromatic carbocycles. The zero-order valence-electron chi connectivity index (χ0n) is 21.6. The van der Waals surface area contributed by atoms with Gasteiger partial charge in [0.2, 0.25) is 0 Å². The number of hydrogen-bond donors (Lipinski definition) is 1. The van der Waals surface area contributed by atoms with Gasteiger partial charge in [0.05, 0.1) is 24.2 Å². The van der Waals surface area contributed by atoms with Crippen LogP contribution in [0.4, 0.5) is 5.69 Å². The Bertz CT molecular complexity index is 1320. The zero-order valence-corrected chi connectivity index (χ0v) is 21.6. The van der Waals surface area contributed by atoms with E-state index in [4.69, 9.17) is 14.5 Å². The van der Waals surface area contributed by atoms with Gasteiger partial charge in [-0.2, -0.15) is 0 Å². The van der Waals surface area contributed by atoms with E-state index in [-0.39, 0.29) is 5.97 Å². The Labute approximate surface area is 218 Å². The van der Waals surface area contributed by atoms with Crippen molar-refractivity contribution < 1.29 is 14.3 Å². The fourth-order valence-corrected chi connectivity index (χ4v) is 4.60. The molecule has 7 nitrogen and oxygen atoms in total. The minimum atomic E-state index is -0.183. The Balaban J connectivity index is 1.22. The van der Waals surface area contributed by atoms with E-state index >= 15 is 0 Å². The first kappa shape index (κ1) is 24.8. The Kier molecular flexibility index (Phi) is 7.70. The highest BCUT2D eigenvalue weighted by Gasteiger charge is 2.14. The van der Waals surface area contributed by atoms with Gasteiger partial charge in [-0.25, -0.2) is 4.98 Å². The first-order chi connectivity index (χ1) is 18.1. The van der Waals surface area contributed by atoms with Crippen molar-refractivity contribution in [2.45, 2.75) is 19.8 Å². The van der Waals surface area contributed by atoms with Crippen molar-refractivity contribution in [2.24, 2.45) is 0 Å². The molecule has 1 saturated heterocycles. The van der Waals surface area contributed by atoms with Crippen LogP contribution in [0.2, 0.25) is 0 Å². The molecule has 5 rings (SSSR count). The Morgan fingerprint density at radius 3 is 2.35 bits per heavy atom. The molecule has 0 saturated carbocycles. The molecule has 0 atom stereocenters. The number of benzene rings is 3. The Hall–Kier alpha value is -3.84. The van der Waals surface area contributed by atoms with Crippen molar-refractivity contribution in [1.82, 2.24) is 14.9 Å². The van der Waals surface area contributed by atoms with Gasteiger partial charge in [0, 0.05) is 43.9 Å². The summed E-state index contributed by atoms with van der Waals surface area (Å²) in [5, 5.41) is 0. The van der Waals surface area contributed by atoms with E-state index in [0.29, 0.717) is 26.1 Å². The molecule has 0 unspecified atom stereocenters. The molecular formula is C30H34N4O3. The van der Waals surface area contributed by atoms with Crippen molar-refractivity contribution in [2.75, 3.05) is 51.3 Å². The number of ether oxygens (including phenoxy) is 2. The quantitative estimate of drug-likeness (QED) is 0.247. The van der Waals surface area contributed by atoms with E-state index in [1.54, 1.807) is 0 Å². The van der Waals surface area contributed by atoms with Gasteiger partial charge in [-0.05, 0) is 80.1 Å². The Morgan fingerprint density at radius 2 is 1.62 bits per heavy atom. The zero-order chi connectivity index (χ0) is 25.6. The summed E-state index contributed by atoms with van der Waals surface area (Å²) in [6, 6.07) is 23.1. The minimum absolute atomic E-state index is 0.183. The predicted octanol–water partition coefficient (Wildman–Crippen LogP) is 5.37. The molecule has 1 aromatic heterocycles. The summed E-state index contributed by atoms with van der Waals surface area (Å²) in [6.45, 7) is 7.05. The monoisotopic (exact) mass is 498 g/mol. The first-order valence-electron chi connectivity index (χ1n) is 13.0. The van der Waals surface area contributed by atoms with Crippen LogP contribution in [0.3, 0.4) is 0 Å². The van der Waals surface area contributed by atoms with E-state index in [1.165, 1.54) is 16.8 Å². The maximum absolute atomic E-state index is 11.4. The molecule has 0 spiro atoms. The summed E-state index contributed by atoms with van der Waals surface area (Å²) in [5.74, 6) is 1.41. The van der Waals surface area contributed by atoms with E-state index in [1.807, 2.05) is 31.2 Å². The van der Waals surface area contributed by atoms with Gasteiger partial charge in [0.1, 0.15) is 11.6 Å². The van der Waals surface area contributed by atoms with Crippen molar-refractivity contribution >= 4 is 22.7 Å². The minimum Gasteiger partial charge on any atom is -0.494 e. The number of carbonyl (C=O) groups excluding carboxylic acids is 1. The lowest BCUT2D eigenvalue weighted by atomic mass is 10.0. The number of esters is 1. The number of imidazole rings is 1. The van der Waals surface area contributed by atoms with Crippen LogP contribution in [0.25, 0.3) is 33.5 Å². The molecule has 0 aliphatic carbocycles. The fourth-order valence-electron chi connectivity index (χ4n) is 4.60. The summed E-state index contributed by atoms with van der Waals surface area (Å²) in [7, 11) is 2.18. The number of likely N-dealkylation sites (N-methyl/N-ethyl adjacent to an activating group) is 1. The van der Waals surface area contributed by atoms with Crippen LogP contribution in [0.1, 0.15) is 19.8 Å². The average Bonchev–Trinajstić information content (AvgIpc) is 3.36. The van der Waals surface area contributed by atoms with Crippen LogP contribution in [0.5, 0.6) is 5.75 Å². The van der Waals surface area contributed by atoms with Crippen LogP contribution >= 0.6 is 0 Å². The smallest absolute Gasteiger partial charge is 0.305 e. The molecular weight excluding hydrogens is 464 g/mol. The largest absolute Gasteiger partial charge is 0.494 e. The van der Waals surface area contributed by atoms with Crippen molar-refractivity contribution in [1.29, 1.82) is 0 Å². The van der Waals surface area contributed by atoms with E-state index < -0.39 is 0 Å². The fraction of sp³-hybridized carbons (Fsp3) is 0.333. The second kappa shape index (κ2) is 11.5. The number of piperazine rings is 1. The van der Waals surface area contributed by atoms with Crippen LogP contribution in [-0.4, -0.2) is 67.3 Å². The van der Waals surface area contributed by atoms with Gasteiger partial charge in [-0.1, -0.05) is 18.2 Å². The molecule has 1 aliphatic heterocycles. The first-order valence-corrected chi connectivity index (χ1v) is 13.0. The second-order valence-electron chi connectivity index (χ2n) is 9.44. The number of rotatable bonds is 9. The molecule has 1 aliphatic rings. The third-order valence-electron chi connectivity index (χ3n) is 6.78. The number of H-pyrrole nitrogens is 1.